The fourth-order valence-electron chi connectivity index (χ4n) is 2.59. The molecule has 1 N–H and O–H groups in total. The number of carbonyl (C=O) groups is 1. The van der Waals surface area contributed by atoms with Gasteiger partial charge >= 0.3 is 0 Å². The smallest absolute Gasteiger partial charge is 0.265 e. The van der Waals surface area contributed by atoms with Crippen LogP contribution in [0.3, 0.4) is 0 Å². The number of methoxy groups -OCH3 is 2. The highest BCUT2D eigenvalue weighted by atomic mass is 79.9. The van der Waals surface area contributed by atoms with Crippen LogP contribution in [0, 0.1) is 0 Å². The first-order valence-electron chi connectivity index (χ1n) is 7.54. The number of carbonyl (C=O) groups excluding carboxylic acids is 1. The summed E-state index contributed by atoms with van der Waals surface area (Å²) in [6.45, 7) is 0.901. The maximum Gasteiger partial charge on any atom is 0.265 e. The SMILES string of the molecule is COc1cc(Br)c(S(=O)(=O)NC(=O)c2ccc3c(c2)COC3)cc1OC. The minimum absolute atomic E-state index is 0.131. The number of hydrogen-bond donors (Lipinski definition) is 1. The van der Waals surface area contributed by atoms with Gasteiger partial charge in [0, 0.05) is 16.1 Å². The third-order valence-corrected chi connectivity index (χ3v) is 6.23. The largest absolute Gasteiger partial charge is 0.493 e. The minimum atomic E-state index is -4.12. The molecule has 0 radical (unpaired) electrons. The first-order chi connectivity index (χ1) is 12.4. The average Bonchev–Trinajstić information content (AvgIpc) is 3.08. The van der Waals surface area contributed by atoms with Crippen LogP contribution in [0.4, 0.5) is 0 Å². The lowest BCUT2D eigenvalue weighted by Gasteiger charge is -2.13. The average molecular weight is 442 g/mol. The van der Waals surface area contributed by atoms with Gasteiger partial charge in [-0.05, 0) is 45.3 Å². The van der Waals surface area contributed by atoms with Gasteiger partial charge in [0.1, 0.15) is 4.90 Å². The topological polar surface area (TPSA) is 90.9 Å². The monoisotopic (exact) mass is 441 g/mol. The van der Waals surface area contributed by atoms with Crippen LogP contribution in [-0.4, -0.2) is 28.5 Å². The molecule has 1 heterocycles. The predicted molar refractivity (Wildman–Crippen MR) is 96.8 cm³/mol. The number of nitrogens with one attached hydrogen (secondary N) is 1. The van der Waals surface area contributed by atoms with E-state index in [1.807, 2.05) is 0 Å². The molecule has 2 aromatic rings. The first kappa shape index (κ1) is 18.7. The second-order valence-electron chi connectivity index (χ2n) is 5.55. The Labute approximate surface area is 159 Å². The number of benzene rings is 2. The Morgan fingerprint density at radius 3 is 2.42 bits per heavy atom. The van der Waals surface area contributed by atoms with Gasteiger partial charge < -0.3 is 14.2 Å². The molecular formula is C17H16BrNO6S. The third-order valence-electron chi connectivity index (χ3n) is 3.94. The Bertz CT molecular complexity index is 973. The normalized spacial score (nSPS) is 13.2. The summed E-state index contributed by atoms with van der Waals surface area (Å²) in [4.78, 5) is 12.3. The van der Waals surface area contributed by atoms with Crippen molar-refractivity contribution in [3.8, 4) is 11.5 Å². The lowest BCUT2D eigenvalue weighted by atomic mass is 10.1. The van der Waals surface area contributed by atoms with Crippen LogP contribution < -0.4 is 14.2 Å². The van der Waals surface area contributed by atoms with E-state index < -0.39 is 15.9 Å². The van der Waals surface area contributed by atoms with Crippen molar-refractivity contribution in [3.63, 3.8) is 0 Å². The molecule has 0 atom stereocenters. The summed E-state index contributed by atoms with van der Waals surface area (Å²) < 4.78 is 43.2. The van der Waals surface area contributed by atoms with E-state index in [-0.39, 0.29) is 20.7 Å². The van der Waals surface area contributed by atoms with E-state index in [9.17, 15) is 13.2 Å². The van der Waals surface area contributed by atoms with E-state index in [4.69, 9.17) is 14.2 Å². The van der Waals surface area contributed by atoms with Crippen molar-refractivity contribution < 1.29 is 27.4 Å². The number of amides is 1. The van der Waals surface area contributed by atoms with Crippen molar-refractivity contribution in [3.05, 3.63) is 51.5 Å². The molecule has 0 unspecified atom stereocenters. The molecular weight excluding hydrogens is 426 g/mol. The van der Waals surface area contributed by atoms with Crippen molar-refractivity contribution >= 4 is 31.9 Å². The zero-order valence-corrected chi connectivity index (χ0v) is 16.4. The van der Waals surface area contributed by atoms with Gasteiger partial charge in [-0.3, -0.25) is 4.79 Å². The molecule has 0 bridgehead atoms. The van der Waals surface area contributed by atoms with Crippen molar-refractivity contribution in [1.82, 2.24) is 4.72 Å². The molecule has 1 amide bonds. The summed E-state index contributed by atoms with van der Waals surface area (Å²) >= 11 is 3.19. The van der Waals surface area contributed by atoms with Gasteiger partial charge in [-0.1, -0.05) is 6.07 Å². The quantitative estimate of drug-likeness (QED) is 0.766. The Hall–Kier alpha value is -2.10. The summed E-state index contributed by atoms with van der Waals surface area (Å²) in [7, 11) is -1.28. The number of fused-ring (bicyclic) bond motifs is 1. The van der Waals surface area contributed by atoms with Gasteiger partial charge in [0.05, 0.1) is 27.4 Å². The van der Waals surface area contributed by atoms with Crippen LogP contribution >= 0.6 is 15.9 Å². The van der Waals surface area contributed by atoms with Crippen LogP contribution in [-0.2, 0) is 28.0 Å². The lowest BCUT2D eigenvalue weighted by Crippen LogP contribution is -2.31. The number of sulfonamides is 1. The van der Waals surface area contributed by atoms with Gasteiger partial charge in [0.2, 0.25) is 0 Å². The summed E-state index contributed by atoms with van der Waals surface area (Å²) in [6.07, 6.45) is 0. The molecule has 0 aliphatic carbocycles. The Balaban J connectivity index is 1.90. The van der Waals surface area contributed by atoms with E-state index in [1.165, 1.54) is 26.4 Å². The van der Waals surface area contributed by atoms with Crippen molar-refractivity contribution in [1.29, 1.82) is 0 Å². The van der Waals surface area contributed by atoms with Crippen molar-refractivity contribution in [2.45, 2.75) is 18.1 Å². The molecule has 0 saturated carbocycles. The molecule has 0 spiro atoms. The van der Waals surface area contributed by atoms with E-state index in [1.54, 1.807) is 18.2 Å². The molecule has 0 aromatic heterocycles. The van der Waals surface area contributed by atoms with Crippen LogP contribution in [0.15, 0.2) is 39.7 Å². The number of ether oxygens (including phenoxy) is 3. The molecule has 26 heavy (non-hydrogen) atoms. The summed E-state index contributed by atoms with van der Waals surface area (Å²) in [5.41, 5.74) is 2.11. The van der Waals surface area contributed by atoms with Crippen LogP contribution in [0.1, 0.15) is 21.5 Å². The van der Waals surface area contributed by atoms with E-state index in [0.29, 0.717) is 19.0 Å². The zero-order chi connectivity index (χ0) is 18.9. The fraction of sp³-hybridized carbons (Fsp3) is 0.235. The molecule has 2 aromatic carbocycles. The second kappa shape index (κ2) is 7.26. The Morgan fingerprint density at radius 2 is 1.73 bits per heavy atom. The standard InChI is InChI=1S/C17H16BrNO6S/c1-23-14-6-13(18)16(7-15(14)24-2)26(21,22)19-17(20)10-3-4-11-8-25-9-12(11)5-10/h3-7H,8-9H2,1-2H3,(H,19,20). The summed E-state index contributed by atoms with van der Waals surface area (Å²) in [6, 6.07) is 7.72. The molecule has 0 fully saturated rings. The molecule has 0 saturated heterocycles. The molecule has 1 aliphatic rings. The summed E-state index contributed by atoms with van der Waals surface area (Å²) in [5.74, 6) is -0.122. The lowest BCUT2D eigenvalue weighted by molar-refractivity contribution is 0.0981. The Morgan fingerprint density at radius 1 is 1.08 bits per heavy atom. The van der Waals surface area contributed by atoms with Gasteiger partial charge in [0.15, 0.2) is 11.5 Å². The van der Waals surface area contributed by atoms with Crippen LogP contribution in [0.5, 0.6) is 11.5 Å². The predicted octanol–water partition coefficient (Wildman–Crippen LogP) is 2.62. The van der Waals surface area contributed by atoms with Gasteiger partial charge in [-0.2, -0.15) is 0 Å². The van der Waals surface area contributed by atoms with Gasteiger partial charge in [-0.25, -0.2) is 13.1 Å². The number of hydrogen-bond acceptors (Lipinski definition) is 6. The van der Waals surface area contributed by atoms with Crippen LogP contribution in [0.25, 0.3) is 0 Å². The second-order valence-corrected chi connectivity index (χ2v) is 8.05. The molecule has 7 nitrogen and oxygen atoms in total. The Kier molecular flexibility index (Phi) is 5.22. The molecule has 9 heteroatoms. The fourth-order valence-corrected chi connectivity index (χ4v) is 4.60. The number of rotatable bonds is 5. The first-order valence-corrected chi connectivity index (χ1v) is 9.81. The highest BCUT2D eigenvalue weighted by Gasteiger charge is 2.24. The van der Waals surface area contributed by atoms with E-state index >= 15 is 0 Å². The van der Waals surface area contributed by atoms with Crippen molar-refractivity contribution in [2.75, 3.05) is 14.2 Å². The third kappa shape index (κ3) is 3.55. The van der Waals surface area contributed by atoms with Gasteiger partial charge in [-0.15, -0.1) is 0 Å². The zero-order valence-electron chi connectivity index (χ0n) is 14.0. The van der Waals surface area contributed by atoms with E-state index in [0.717, 1.165) is 11.1 Å². The van der Waals surface area contributed by atoms with Gasteiger partial charge in [0.25, 0.3) is 15.9 Å². The molecule has 138 valence electrons. The highest BCUT2D eigenvalue weighted by molar-refractivity contribution is 9.10. The molecule has 3 rings (SSSR count). The maximum absolute atomic E-state index is 12.7. The number of halogens is 1. The van der Waals surface area contributed by atoms with Crippen molar-refractivity contribution in [2.24, 2.45) is 0 Å². The maximum atomic E-state index is 12.7. The highest BCUT2D eigenvalue weighted by Crippen LogP contribution is 2.35. The minimum Gasteiger partial charge on any atom is -0.493 e. The van der Waals surface area contributed by atoms with E-state index in [2.05, 4.69) is 20.7 Å². The van der Waals surface area contributed by atoms with Crippen LogP contribution in [0.2, 0.25) is 0 Å². The molecule has 1 aliphatic heterocycles. The summed E-state index contributed by atoms with van der Waals surface area (Å²) in [5, 5.41) is 0.